The second kappa shape index (κ2) is 6.29. The van der Waals surface area contributed by atoms with Crippen molar-refractivity contribution in [3.05, 3.63) is 32.8 Å². The standard InChI is InChI=1S/C10H10Cl3NO.ClH/c11-6-3-7(10(13)8(12)4-6)9-5-15-2-1-14-9;/h3-4,9,14H,1-2,5H2;1H/t9-;/m0./s1. The SMILES string of the molecule is Cl.Clc1cc(Cl)c(Cl)c([C@@H]2COCCN2)c1. The van der Waals surface area contributed by atoms with Gasteiger partial charge in [-0.15, -0.1) is 12.4 Å². The van der Waals surface area contributed by atoms with Gasteiger partial charge in [0.25, 0.3) is 0 Å². The Labute approximate surface area is 116 Å². The second-order valence-electron chi connectivity index (χ2n) is 3.37. The van der Waals surface area contributed by atoms with Gasteiger partial charge in [0.1, 0.15) is 0 Å². The van der Waals surface area contributed by atoms with Crippen LogP contribution in [-0.4, -0.2) is 19.8 Å². The first kappa shape index (κ1) is 14.4. The molecule has 0 aromatic heterocycles. The Morgan fingerprint density at radius 1 is 1.25 bits per heavy atom. The summed E-state index contributed by atoms with van der Waals surface area (Å²) in [6.45, 7) is 2.13. The zero-order valence-electron chi connectivity index (χ0n) is 8.30. The number of ether oxygens (including phenoxy) is 1. The van der Waals surface area contributed by atoms with Crippen LogP contribution in [0.4, 0.5) is 0 Å². The maximum atomic E-state index is 6.11. The molecule has 0 bridgehead atoms. The van der Waals surface area contributed by atoms with Gasteiger partial charge >= 0.3 is 0 Å². The van der Waals surface area contributed by atoms with Gasteiger partial charge in [-0.3, -0.25) is 0 Å². The van der Waals surface area contributed by atoms with Crippen LogP contribution in [0, 0.1) is 0 Å². The molecule has 1 N–H and O–H groups in total. The fourth-order valence-electron chi connectivity index (χ4n) is 1.59. The highest BCUT2D eigenvalue weighted by molar-refractivity contribution is 6.43. The van der Waals surface area contributed by atoms with Crippen LogP contribution < -0.4 is 5.32 Å². The third-order valence-corrected chi connectivity index (χ3v) is 3.35. The first-order chi connectivity index (χ1) is 7.18. The van der Waals surface area contributed by atoms with Crippen molar-refractivity contribution in [1.82, 2.24) is 5.32 Å². The molecule has 2 rings (SSSR count). The van der Waals surface area contributed by atoms with E-state index in [0.717, 1.165) is 18.7 Å². The van der Waals surface area contributed by atoms with Gasteiger partial charge in [0.15, 0.2) is 0 Å². The van der Waals surface area contributed by atoms with E-state index in [-0.39, 0.29) is 18.4 Å². The molecule has 0 radical (unpaired) electrons. The molecule has 1 saturated heterocycles. The Kier molecular flexibility index (Phi) is 5.65. The van der Waals surface area contributed by atoms with Crippen molar-refractivity contribution in [1.29, 1.82) is 0 Å². The van der Waals surface area contributed by atoms with E-state index >= 15 is 0 Å². The topological polar surface area (TPSA) is 21.3 Å². The van der Waals surface area contributed by atoms with E-state index in [1.54, 1.807) is 6.07 Å². The molecule has 16 heavy (non-hydrogen) atoms. The molecule has 0 saturated carbocycles. The second-order valence-corrected chi connectivity index (χ2v) is 4.59. The number of rotatable bonds is 1. The molecule has 1 aliphatic heterocycles. The first-order valence-electron chi connectivity index (χ1n) is 4.64. The first-order valence-corrected chi connectivity index (χ1v) is 5.77. The fraction of sp³-hybridized carbons (Fsp3) is 0.400. The Morgan fingerprint density at radius 3 is 2.62 bits per heavy atom. The van der Waals surface area contributed by atoms with Gasteiger partial charge in [-0.1, -0.05) is 34.8 Å². The van der Waals surface area contributed by atoms with Crippen molar-refractivity contribution in [3.63, 3.8) is 0 Å². The highest BCUT2D eigenvalue weighted by Gasteiger charge is 2.19. The summed E-state index contributed by atoms with van der Waals surface area (Å²) >= 11 is 18.0. The Bertz CT molecular complexity index is 366. The van der Waals surface area contributed by atoms with Crippen molar-refractivity contribution in [2.24, 2.45) is 0 Å². The summed E-state index contributed by atoms with van der Waals surface area (Å²) in [4.78, 5) is 0. The van der Waals surface area contributed by atoms with Crippen molar-refractivity contribution in [2.45, 2.75) is 6.04 Å². The molecular weight excluding hydrogens is 292 g/mol. The number of morpholine rings is 1. The van der Waals surface area contributed by atoms with Gasteiger partial charge in [0.05, 0.1) is 29.3 Å². The summed E-state index contributed by atoms with van der Waals surface area (Å²) in [5.74, 6) is 0. The molecule has 1 heterocycles. The monoisotopic (exact) mass is 301 g/mol. The average molecular weight is 303 g/mol. The van der Waals surface area contributed by atoms with E-state index in [0.29, 0.717) is 21.7 Å². The van der Waals surface area contributed by atoms with Crippen molar-refractivity contribution >= 4 is 47.2 Å². The third-order valence-electron chi connectivity index (χ3n) is 2.32. The molecule has 0 spiro atoms. The number of hydrogen-bond donors (Lipinski definition) is 1. The van der Waals surface area contributed by atoms with Crippen LogP contribution in [0.2, 0.25) is 15.1 Å². The summed E-state index contributed by atoms with van der Waals surface area (Å²) in [6, 6.07) is 3.53. The maximum absolute atomic E-state index is 6.11. The van der Waals surface area contributed by atoms with E-state index in [1.165, 1.54) is 0 Å². The summed E-state index contributed by atoms with van der Waals surface area (Å²) in [7, 11) is 0. The van der Waals surface area contributed by atoms with Gasteiger partial charge in [0, 0.05) is 11.6 Å². The molecule has 6 heteroatoms. The third kappa shape index (κ3) is 3.16. The number of hydrogen-bond acceptors (Lipinski definition) is 2. The van der Waals surface area contributed by atoms with Crippen molar-refractivity contribution in [3.8, 4) is 0 Å². The van der Waals surface area contributed by atoms with Crippen LogP contribution in [0.15, 0.2) is 12.1 Å². The minimum absolute atomic E-state index is 0. The molecule has 1 fully saturated rings. The minimum Gasteiger partial charge on any atom is -0.378 e. The predicted molar refractivity (Wildman–Crippen MR) is 70.3 cm³/mol. The molecule has 1 aromatic carbocycles. The fourth-order valence-corrected chi connectivity index (χ4v) is 2.34. The molecular formula is C10H11Cl4NO. The quantitative estimate of drug-likeness (QED) is 0.798. The average Bonchev–Trinajstić information content (AvgIpc) is 2.24. The van der Waals surface area contributed by atoms with Crippen LogP contribution >= 0.6 is 47.2 Å². The summed E-state index contributed by atoms with van der Waals surface area (Å²) in [5.41, 5.74) is 0.897. The lowest BCUT2D eigenvalue weighted by atomic mass is 10.1. The summed E-state index contributed by atoms with van der Waals surface area (Å²) in [6.07, 6.45) is 0. The molecule has 0 aliphatic carbocycles. The Hall–Kier alpha value is 0.300. The molecule has 90 valence electrons. The molecule has 2 nitrogen and oxygen atoms in total. The number of nitrogens with one attached hydrogen (secondary N) is 1. The lowest BCUT2D eigenvalue weighted by Gasteiger charge is -2.25. The van der Waals surface area contributed by atoms with Crippen LogP contribution in [0.25, 0.3) is 0 Å². The predicted octanol–water partition coefficient (Wildman–Crippen LogP) is 3.73. The van der Waals surface area contributed by atoms with Gasteiger partial charge in [-0.05, 0) is 17.7 Å². The lowest BCUT2D eigenvalue weighted by Crippen LogP contribution is -2.34. The van der Waals surface area contributed by atoms with Crippen molar-refractivity contribution < 1.29 is 4.74 Å². The van der Waals surface area contributed by atoms with E-state index in [1.807, 2.05) is 6.07 Å². The minimum atomic E-state index is 0. The van der Waals surface area contributed by atoms with E-state index in [2.05, 4.69) is 5.32 Å². The van der Waals surface area contributed by atoms with E-state index in [4.69, 9.17) is 39.5 Å². The smallest absolute Gasteiger partial charge is 0.0662 e. The van der Waals surface area contributed by atoms with Gasteiger partial charge < -0.3 is 10.1 Å². The van der Waals surface area contributed by atoms with Gasteiger partial charge in [0.2, 0.25) is 0 Å². The number of benzene rings is 1. The summed E-state index contributed by atoms with van der Waals surface area (Å²) in [5, 5.41) is 4.92. The molecule has 0 amide bonds. The van der Waals surface area contributed by atoms with E-state index in [9.17, 15) is 0 Å². The van der Waals surface area contributed by atoms with Crippen LogP contribution in [-0.2, 0) is 4.74 Å². The highest BCUT2D eigenvalue weighted by atomic mass is 35.5. The largest absolute Gasteiger partial charge is 0.378 e. The van der Waals surface area contributed by atoms with Crippen molar-refractivity contribution in [2.75, 3.05) is 19.8 Å². The molecule has 1 atom stereocenters. The van der Waals surface area contributed by atoms with Gasteiger partial charge in [-0.2, -0.15) is 0 Å². The summed E-state index contributed by atoms with van der Waals surface area (Å²) < 4.78 is 5.36. The highest BCUT2D eigenvalue weighted by Crippen LogP contribution is 2.33. The zero-order chi connectivity index (χ0) is 10.8. The normalized spacial score (nSPS) is 20.3. The van der Waals surface area contributed by atoms with Gasteiger partial charge in [-0.25, -0.2) is 0 Å². The maximum Gasteiger partial charge on any atom is 0.0662 e. The number of halogens is 4. The Balaban J connectivity index is 0.00000128. The van der Waals surface area contributed by atoms with E-state index < -0.39 is 0 Å². The molecule has 1 aliphatic rings. The zero-order valence-corrected chi connectivity index (χ0v) is 11.4. The molecule has 0 unspecified atom stereocenters. The van der Waals surface area contributed by atoms with Crippen LogP contribution in [0.1, 0.15) is 11.6 Å². The lowest BCUT2D eigenvalue weighted by molar-refractivity contribution is 0.0769. The van der Waals surface area contributed by atoms with Crippen LogP contribution in [0.3, 0.4) is 0 Å². The van der Waals surface area contributed by atoms with Crippen LogP contribution in [0.5, 0.6) is 0 Å². The Morgan fingerprint density at radius 2 is 2.00 bits per heavy atom. The molecule has 1 aromatic rings.